The molecule has 3 aromatic carbocycles. The average Bonchev–Trinajstić information content (AvgIpc) is 2.63. The minimum atomic E-state index is -0.251. The van der Waals surface area contributed by atoms with Crippen LogP contribution >= 0.6 is 27.5 Å². The molecular weight excluding hydrogens is 417 g/mol. The Morgan fingerprint density at radius 2 is 1.81 bits per heavy atom. The fraction of sp³-hybridized carbons (Fsp3) is 0.143. The molecule has 0 aliphatic heterocycles. The Bertz CT molecular complexity index is 899. The lowest BCUT2D eigenvalue weighted by Gasteiger charge is -2.15. The van der Waals surface area contributed by atoms with E-state index in [1.54, 1.807) is 12.1 Å². The summed E-state index contributed by atoms with van der Waals surface area (Å²) in [5.41, 5.74) is 4.04. The van der Waals surface area contributed by atoms with Crippen molar-refractivity contribution in [2.45, 2.75) is 20.1 Å². The third kappa shape index (κ3) is 4.99. The van der Waals surface area contributed by atoms with E-state index in [4.69, 9.17) is 16.3 Å². The van der Waals surface area contributed by atoms with Crippen molar-refractivity contribution in [1.29, 1.82) is 0 Å². The maximum Gasteiger partial charge on any atom is 0.124 e. The van der Waals surface area contributed by atoms with Gasteiger partial charge in [-0.25, -0.2) is 4.39 Å². The molecule has 0 aromatic heterocycles. The molecule has 0 radical (unpaired) electrons. The van der Waals surface area contributed by atoms with Gasteiger partial charge in [-0.2, -0.15) is 0 Å². The predicted octanol–water partition coefficient (Wildman–Crippen LogP) is 6.74. The van der Waals surface area contributed by atoms with E-state index in [1.165, 1.54) is 12.1 Å². The van der Waals surface area contributed by atoms with Crippen LogP contribution in [0, 0.1) is 12.7 Å². The molecule has 1 N–H and O–H groups in total. The number of hydrogen-bond donors (Lipinski definition) is 1. The Morgan fingerprint density at radius 3 is 2.58 bits per heavy atom. The molecule has 0 aliphatic carbocycles. The molecule has 0 saturated heterocycles. The first-order valence-electron chi connectivity index (χ1n) is 8.17. The van der Waals surface area contributed by atoms with Gasteiger partial charge in [0.1, 0.15) is 18.2 Å². The van der Waals surface area contributed by atoms with Crippen LogP contribution < -0.4 is 10.1 Å². The summed E-state index contributed by atoms with van der Waals surface area (Å²) < 4.78 is 19.9. The van der Waals surface area contributed by atoms with Gasteiger partial charge in [0.2, 0.25) is 0 Å². The maximum atomic E-state index is 13.0. The van der Waals surface area contributed by atoms with E-state index in [9.17, 15) is 4.39 Å². The largest absolute Gasteiger partial charge is 0.489 e. The van der Waals surface area contributed by atoms with Crippen molar-refractivity contribution >= 4 is 33.2 Å². The van der Waals surface area contributed by atoms with E-state index in [1.807, 2.05) is 43.3 Å². The molecule has 5 heteroatoms. The first-order valence-corrected chi connectivity index (χ1v) is 9.34. The van der Waals surface area contributed by atoms with E-state index in [2.05, 4.69) is 21.2 Å². The van der Waals surface area contributed by atoms with Crippen LogP contribution in [-0.4, -0.2) is 0 Å². The number of rotatable bonds is 6. The molecule has 2 nitrogen and oxygen atoms in total. The van der Waals surface area contributed by atoms with Gasteiger partial charge < -0.3 is 10.1 Å². The monoisotopic (exact) mass is 433 g/mol. The number of aryl methyl sites for hydroxylation is 1. The molecule has 26 heavy (non-hydrogen) atoms. The van der Waals surface area contributed by atoms with E-state index >= 15 is 0 Å². The Kier molecular flexibility index (Phi) is 6.17. The molecule has 0 heterocycles. The average molecular weight is 435 g/mol. The Hall–Kier alpha value is -2.04. The van der Waals surface area contributed by atoms with E-state index < -0.39 is 0 Å². The van der Waals surface area contributed by atoms with E-state index in [-0.39, 0.29) is 5.82 Å². The van der Waals surface area contributed by atoms with E-state index in [0.717, 1.165) is 32.6 Å². The van der Waals surface area contributed by atoms with Gasteiger partial charge in [-0.05, 0) is 60.5 Å². The van der Waals surface area contributed by atoms with Gasteiger partial charge >= 0.3 is 0 Å². The molecule has 0 bridgehead atoms. The van der Waals surface area contributed by atoms with Gasteiger partial charge in [0, 0.05) is 27.3 Å². The van der Waals surface area contributed by atoms with Crippen molar-refractivity contribution in [3.8, 4) is 5.75 Å². The molecule has 0 fully saturated rings. The summed E-state index contributed by atoms with van der Waals surface area (Å²) in [6.07, 6.45) is 0. The highest BCUT2D eigenvalue weighted by molar-refractivity contribution is 9.10. The minimum Gasteiger partial charge on any atom is -0.489 e. The fourth-order valence-corrected chi connectivity index (χ4v) is 3.12. The SMILES string of the molecule is Cc1ccc(Cl)cc1NCc1cc(Br)ccc1OCc1ccc(F)cc1. The number of halogens is 3. The molecule has 134 valence electrons. The molecule has 3 aromatic rings. The Morgan fingerprint density at radius 1 is 1.04 bits per heavy atom. The summed E-state index contributed by atoms with van der Waals surface area (Å²) in [7, 11) is 0. The second-order valence-electron chi connectivity index (χ2n) is 5.98. The van der Waals surface area contributed by atoms with E-state index in [0.29, 0.717) is 18.2 Å². The normalized spacial score (nSPS) is 10.6. The molecule has 0 saturated carbocycles. The van der Waals surface area contributed by atoms with Gasteiger partial charge in [-0.1, -0.05) is 45.7 Å². The molecule has 0 spiro atoms. The van der Waals surface area contributed by atoms with Gasteiger partial charge in [0.25, 0.3) is 0 Å². The lowest BCUT2D eigenvalue weighted by atomic mass is 10.1. The van der Waals surface area contributed by atoms with Crippen LogP contribution in [0.2, 0.25) is 5.02 Å². The molecular formula is C21H18BrClFNO. The van der Waals surface area contributed by atoms with Crippen LogP contribution in [0.1, 0.15) is 16.7 Å². The van der Waals surface area contributed by atoms with Crippen LogP contribution in [0.4, 0.5) is 10.1 Å². The molecule has 0 amide bonds. The van der Waals surface area contributed by atoms with Crippen molar-refractivity contribution in [3.63, 3.8) is 0 Å². The standard InChI is InChI=1S/C21H18BrClFNO/c1-14-2-6-18(23)11-20(14)25-12-16-10-17(22)5-9-21(16)26-13-15-3-7-19(24)8-4-15/h2-11,25H,12-13H2,1H3. The van der Waals surface area contributed by atoms with Crippen molar-refractivity contribution in [3.05, 3.63) is 92.7 Å². The summed E-state index contributed by atoms with van der Waals surface area (Å²) >= 11 is 9.59. The van der Waals surface area contributed by atoms with Crippen molar-refractivity contribution in [1.82, 2.24) is 0 Å². The van der Waals surface area contributed by atoms with Gasteiger partial charge in [0.05, 0.1) is 0 Å². The summed E-state index contributed by atoms with van der Waals surface area (Å²) in [6, 6.07) is 18.0. The summed E-state index contributed by atoms with van der Waals surface area (Å²) in [6.45, 7) is 3.01. The number of ether oxygens (including phenoxy) is 1. The first-order chi connectivity index (χ1) is 12.5. The third-order valence-corrected chi connectivity index (χ3v) is 4.73. The summed E-state index contributed by atoms with van der Waals surface area (Å²) in [5, 5.41) is 4.10. The lowest BCUT2D eigenvalue weighted by Crippen LogP contribution is -2.05. The Labute approximate surface area is 166 Å². The molecule has 0 atom stereocenters. The van der Waals surface area contributed by atoms with Gasteiger partial charge in [0.15, 0.2) is 0 Å². The fourth-order valence-electron chi connectivity index (χ4n) is 2.54. The number of benzene rings is 3. The zero-order valence-corrected chi connectivity index (χ0v) is 16.6. The lowest BCUT2D eigenvalue weighted by molar-refractivity contribution is 0.303. The second-order valence-corrected chi connectivity index (χ2v) is 7.33. The highest BCUT2D eigenvalue weighted by Crippen LogP contribution is 2.27. The highest BCUT2D eigenvalue weighted by atomic mass is 79.9. The first kappa shape index (κ1) is 18.7. The quantitative estimate of drug-likeness (QED) is 0.464. The summed E-state index contributed by atoms with van der Waals surface area (Å²) in [4.78, 5) is 0. The second kappa shape index (κ2) is 8.56. The number of nitrogens with one attached hydrogen (secondary N) is 1. The Balaban J connectivity index is 1.73. The minimum absolute atomic E-state index is 0.251. The van der Waals surface area contributed by atoms with Crippen LogP contribution in [-0.2, 0) is 13.2 Å². The van der Waals surface area contributed by atoms with Crippen LogP contribution in [0.15, 0.2) is 65.1 Å². The third-order valence-electron chi connectivity index (χ3n) is 4.00. The zero-order valence-electron chi connectivity index (χ0n) is 14.2. The molecule has 3 rings (SSSR count). The molecule has 0 unspecified atom stereocenters. The van der Waals surface area contributed by atoms with Gasteiger partial charge in [-0.3, -0.25) is 0 Å². The number of hydrogen-bond acceptors (Lipinski definition) is 2. The molecule has 0 aliphatic rings. The van der Waals surface area contributed by atoms with Gasteiger partial charge in [-0.15, -0.1) is 0 Å². The van der Waals surface area contributed by atoms with Crippen molar-refractivity contribution < 1.29 is 9.13 Å². The highest BCUT2D eigenvalue weighted by Gasteiger charge is 2.07. The van der Waals surface area contributed by atoms with Crippen molar-refractivity contribution in [2.24, 2.45) is 0 Å². The smallest absolute Gasteiger partial charge is 0.124 e. The number of anilines is 1. The van der Waals surface area contributed by atoms with Crippen molar-refractivity contribution in [2.75, 3.05) is 5.32 Å². The predicted molar refractivity (Wildman–Crippen MR) is 108 cm³/mol. The summed E-state index contributed by atoms with van der Waals surface area (Å²) in [5.74, 6) is 0.531. The maximum absolute atomic E-state index is 13.0. The zero-order chi connectivity index (χ0) is 18.5. The van der Waals surface area contributed by atoms with Crippen LogP contribution in [0.5, 0.6) is 5.75 Å². The topological polar surface area (TPSA) is 21.3 Å². The van der Waals surface area contributed by atoms with Crippen LogP contribution in [0.3, 0.4) is 0 Å². The van der Waals surface area contributed by atoms with Crippen LogP contribution in [0.25, 0.3) is 0 Å².